The fourth-order valence-corrected chi connectivity index (χ4v) is 2.80. The Labute approximate surface area is 147 Å². The van der Waals surface area contributed by atoms with Gasteiger partial charge in [-0.25, -0.2) is 0 Å². The Morgan fingerprint density at radius 2 is 2.08 bits per heavy atom. The summed E-state index contributed by atoms with van der Waals surface area (Å²) < 4.78 is 5.02. The van der Waals surface area contributed by atoms with Gasteiger partial charge in [0.2, 0.25) is 0 Å². The van der Waals surface area contributed by atoms with Crippen LogP contribution in [0.1, 0.15) is 19.8 Å². The summed E-state index contributed by atoms with van der Waals surface area (Å²) in [6, 6.07) is 7.25. The molecule has 25 heavy (non-hydrogen) atoms. The van der Waals surface area contributed by atoms with Crippen LogP contribution in [0.4, 0.5) is 11.4 Å². The van der Waals surface area contributed by atoms with Gasteiger partial charge in [0.15, 0.2) is 0 Å². The summed E-state index contributed by atoms with van der Waals surface area (Å²) in [6.07, 6.45) is 1.35. The quantitative estimate of drug-likeness (QED) is 0.659. The first-order valence-corrected chi connectivity index (χ1v) is 8.46. The fourth-order valence-electron chi connectivity index (χ4n) is 2.80. The first kappa shape index (κ1) is 18.8. The van der Waals surface area contributed by atoms with Crippen molar-refractivity contribution in [2.24, 2.45) is 5.92 Å². The van der Waals surface area contributed by atoms with Gasteiger partial charge in [0.05, 0.1) is 12.5 Å². The number of likely N-dealkylation sites (tertiary alicyclic amines) is 1. The molecule has 0 saturated carbocycles. The molecular formula is C18H25N3O4. The van der Waals surface area contributed by atoms with Crippen LogP contribution in [0.25, 0.3) is 0 Å². The van der Waals surface area contributed by atoms with E-state index in [1.54, 1.807) is 19.1 Å². The molecule has 0 aromatic heterocycles. The summed E-state index contributed by atoms with van der Waals surface area (Å²) in [5.74, 6) is -1.98. The van der Waals surface area contributed by atoms with Crippen LogP contribution in [-0.4, -0.2) is 56.5 Å². The molecule has 7 nitrogen and oxygen atoms in total. The highest BCUT2D eigenvalue weighted by atomic mass is 16.5. The number of carbonyl (C=O) groups excluding carboxylic acids is 3. The maximum atomic E-state index is 12.4. The molecule has 1 N–H and O–H groups in total. The summed E-state index contributed by atoms with van der Waals surface area (Å²) in [6.45, 7) is 2.76. The standard InChI is InChI=1S/C18H25N3O4/c1-4-25-18(24)13-7-6-10-21(12-13)17(23)16(22)19-14-8-5-9-15(11-14)20(2)3/h5,8-9,11,13H,4,6-7,10,12H2,1-3H3,(H,19,22). The van der Waals surface area contributed by atoms with E-state index >= 15 is 0 Å². The lowest BCUT2D eigenvalue weighted by molar-refractivity contribution is -0.153. The van der Waals surface area contributed by atoms with Gasteiger partial charge in [0, 0.05) is 38.6 Å². The number of anilines is 2. The SMILES string of the molecule is CCOC(=O)C1CCCN(C(=O)C(=O)Nc2cccc(N(C)C)c2)C1. The minimum Gasteiger partial charge on any atom is -0.466 e. The zero-order valence-electron chi connectivity index (χ0n) is 14.9. The first-order chi connectivity index (χ1) is 11.9. The third kappa shape index (κ3) is 4.95. The van der Waals surface area contributed by atoms with Crippen molar-refractivity contribution in [3.05, 3.63) is 24.3 Å². The van der Waals surface area contributed by atoms with Crippen LogP contribution in [0, 0.1) is 5.92 Å². The average molecular weight is 347 g/mol. The molecule has 1 aromatic rings. The molecule has 1 unspecified atom stereocenters. The van der Waals surface area contributed by atoms with Crippen molar-refractivity contribution in [3.8, 4) is 0 Å². The van der Waals surface area contributed by atoms with E-state index in [9.17, 15) is 14.4 Å². The number of nitrogens with one attached hydrogen (secondary N) is 1. The van der Waals surface area contributed by atoms with E-state index in [0.29, 0.717) is 31.7 Å². The molecule has 0 bridgehead atoms. The Morgan fingerprint density at radius 3 is 2.76 bits per heavy atom. The molecule has 136 valence electrons. The topological polar surface area (TPSA) is 78.9 Å². The lowest BCUT2D eigenvalue weighted by Gasteiger charge is -2.31. The van der Waals surface area contributed by atoms with E-state index < -0.39 is 11.8 Å². The van der Waals surface area contributed by atoms with Crippen molar-refractivity contribution in [1.29, 1.82) is 0 Å². The van der Waals surface area contributed by atoms with Crippen molar-refractivity contribution < 1.29 is 19.1 Å². The van der Waals surface area contributed by atoms with Gasteiger partial charge in [-0.2, -0.15) is 0 Å². The third-order valence-corrected chi connectivity index (χ3v) is 4.14. The number of benzene rings is 1. The van der Waals surface area contributed by atoms with E-state index in [0.717, 1.165) is 5.69 Å². The van der Waals surface area contributed by atoms with E-state index in [-0.39, 0.29) is 18.4 Å². The lowest BCUT2D eigenvalue weighted by atomic mass is 9.98. The predicted molar refractivity (Wildman–Crippen MR) is 95.3 cm³/mol. The van der Waals surface area contributed by atoms with Gasteiger partial charge in [0.25, 0.3) is 0 Å². The minimum absolute atomic E-state index is 0.225. The number of nitrogens with zero attached hydrogens (tertiary/aromatic N) is 2. The third-order valence-electron chi connectivity index (χ3n) is 4.14. The number of amides is 2. The smallest absolute Gasteiger partial charge is 0.313 e. The van der Waals surface area contributed by atoms with E-state index in [1.807, 2.05) is 31.1 Å². The molecular weight excluding hydrogens is 322 g/mol. The molecule has 0 spiro atoms. The zero-order chi connectivity index (χ0) is 18.4. The molecule has 1 fully saturated rings. The van der Waals surface area contributed by atoms with Gasteiger partial charge in [0.1, 0.15) is 0 Å². The second-order valence-electron chi connectivity index (χ2n) is 6.24. The Balaban J connectivity index is 1.98. The van der Waals surface area contributed by atoms with E-state index in [4.69, 9.17) is 4.74 Å². The number of esters is 1. The van der Waals surface area contributed by atoms with Gasteiger partial charge < -0.3 is 19.9 Å². The van der Waals surface area contributed by atoms with Crippen LogP contribution in [-0.2, 0) is 19.1 Å². The highest BCUT2D eigenvalue weighted by molar-refractivity contribution is 6.39. The number of piperidine rings is 1. The molecule has 0 radical (unpaired) electrons. The van der Waals surface area contributed by atoms with Crippen molar-refractivity contribution in [3.63, 3.8) is 0 Å². The van der Waals surface area contributed by atoms with E-state index in [2.05, 4.69) is 5.32 Å². The molecule has 0 aliphatic carbocycles. The zero-order valence-corrected chi connectivity index (χ0v) is 14.9. The monoisotopic (exact) mass is 347 g/mol. The van der Waals surface area contributed by atoms with Gasteiger partial charge in [-0.05, 0) is 38.0 Å². The summed E-state index contributed by atoms with van der Waals surface area (Å²) in [4.78, 5) is 39.9. The largest absolute Gasteiger partial charge is 0.466 e. The van der Waals surface area contributed by atoms with Crippen LogP contribution in [0.5, 0.6) is 0 Å². The van der Waals surface area contributed by atoms with Crippen molar-refractivity contribution >= 4 is 29.2 Å². The van der Waals surface area contributed by atoms with Crippen LogP contribution in [0.15, 0.2) is 24.3 Å². The summed E-state index contributed by atoms with van der Waals surface area (Å²) >= 11 is 0. The van der Waals surface area contributed by atoms with E-state index in [1.165, 1.54) is 4.90 Å². The van der Waals surface area contributed by atoms with Crippen molar-refractivity contribution in [2.45, 2.75) is 19.8 Å². The average Bonchev–Trinajstić information content (AvgIpc) is 2.61. The number of rotatable bonds is 4. The van der Waals surface area contributed by atoms with Gasteiger partial charge in [-0.1, -0.05) is 6.07 Å². The number of hydrogen-bond donors (Lipinski definition) is 1. The summed E-state index contributed by atoms with van der Waals surface area (Å²) in [5, 5.41) is 2.63. The van der Waals surface area contributed by atoms with Crippen LogP contribution >= 0.6 is 0 Å². The lowest BCUT2D eigenvalue weighted by Crippen LogP contribution is -2.47. The second kappa shape index (κ2) is 8.50. The molecule has 1 aliphatic rings. The Hall–Kier alpha value is -2.57. The fraction of sp³-hybridized carbons (Fsp3) is 0.500. The maximum Gasteiger partial charge on any atom is 0.313 e. The molecule has 1 aliphatic heterocycles. The molecule has 2 amide bonds. The second-order valence-corrected chi connectivity index (χ2v) is 6.24. The normalized spacial score (nSPS) is 16.9. The Bertz CT molecular complexity index is 645. The summed E-state index contributed by atoms with van der Waals surface area (Å²) in [5.41, 5.74) is 1.48. The molecule has 1 atom stereocenters. The van der Waals surface area contributed by atoms with Gasteiger partial charge >= 0.3 is 17.8 Å². The minimum atomic E-state index is -0.694. The van der Waals surface area contributed by atoms with Gasteiger partial charge in [-0.15, -0.1) is 0 Å². The van der Waals surface area contributed by atoms with Crippen LogP contribution in [0.2, 0.25) is 0 Å². The van der Waals surface area contributed by atoms with Crippen LogP contribution < -0.4 is 10.2 Å². The molecule has 1 heterocycles. The Morgan fingerprint density at radius 1 is 1.32 bits per heavy atom. The van der Waals surface area contributed by atoms with Gasteiger partial charge in [-0.3, -0.25) is 14.4 Å². The van der Waals surface area contributed by atoms with Crippen molar-refractivity contribution in [1.82, 2.24) is 4.90 Å². The molecule has 7 heteroatoms. The summed E-state index contributed by atoms with van der Waals surface area (Å²) in [7, 11) is 3.80. The predicted octanol–water partition coefficient (Wildman–Crippen LogP) is 1.49. The number of hydrogen-bond acceptors (Lipinski definition) is 5. The number of carbonyl (C=O) groups is 3. The first-order valence-electron chi connectivity index (χ1n) is 8.46. The highest BCUT2D eigenvalue weighted by Gasteiger charge is 2.32. The van der Waals surface area contributed by atoms with Crippen LogP contribution in [0.3, 0.4) is 0 Å². The Kier molecular flexibility index (Phi) is 6.38. The molecule has 1 aromatic carbocycles. The molecule has 1 saturated heterocycles. The van der Waals surface area contributed by atoms with Crippen molar-refractivity contribution in [2.75, 3.05) is 44.0 Å². The molecule has 2 rings (SSSR count). The highest BCUT2D eigenvalue weighted by Crippen LogP contribution is 2.20. The maximum absolute atomic E-state index is 12.4. The number of ether oxygens (including phenoxy) is 1.